The molecule has 164 valence electrons. The van der Waals surface area contributed by atoms with Crippen molar-refractivity contribution in [2.75, 3.05) is 25.0 Å². The highest BCUT2D eigenvalue weighted by Gasteiger charge is 2.25. The van der Waals surface area contributed by atoms with Gasteiger partial charge in [-0.05, 0) is 51.0 Å². The van der Waals surface area contributed by atoms with Crippen LogP contribution < -0.4 is 16.6 Å². The molecular formula is C22H28N6O3. The molecule has 2 aromatic heterocycles. The number of aromatic nitrogens is 4. The fourth-order valence-electron chi connectivity index (χ4n) is 4.23. The number of para-hydroxylation sites is 1. The maximum absolute atomic E-state index is 12.8. The molecule has 1 saturated heterocycles. The molecule has 1 aliphatic rings. The van der Waals surface area contributed by atoms with Gasteiger partial charge in [-0.15, -0.1) is 0 Å². The normalized spacial score (nSPS) is 15.4. The highest BCUT2D eigenvalue weighted by molar-refractivity contribution is 5.92. The van der Waals surface area contributed by atoms with Gasteiger partial charge in [-0.25, -0.2) is 9.78 Å². The van der Waals surface area contributed by atoms with E-state index >= 15 is 0 Å². The number of amides is 1. The molecule has 1 amide bonds. The fraction of sp³-hybridized carbons (Fsp3) is 0.455. The van der Waals surface area contributed by atoms with E-state index in [1.165, 1.54) is 9.13 Å². The number of benzene rings is 1. The zero-order valence-electron chi connectivity index (χ0n) is 18.0. The second-order valence-electron chi connectivity index (χ2n) is 8.15. The van der Waals surface area contributed by atoms with Crippen LogP contribution in [0.15, 0.2) is 46.2 Å². The van der Waals surface area contributed by atoms with Gasteiger partial charge in [0, 0.05) is 32.2 Å². The fourth-order valence-corrected chi connectivity index (χ4v) is 4.23. The standard InChI is InChI=1S/C22H28N6O3/c1-25-15-23-19-18(25)21(30)28(22(31)26(19)2)12-6-11-27-13-9-16(10-14-27)20(29)24-17-7-4-3-5-8-17/h3-5,7-8,15-16H,6,9-14H2,1-2H3,(H,24,29). The molecule has 0 aliphatic carbocycles. The number of hydrogen-bond acceptors (Lipinski definition) is 5. The third kappa shape index (κ3) is 4.32. The van der Waals surface area contributed by atoms with Crippen LogP contribution in [0.1, 0.15) is 19.3 Å². The second-order valence-corrected chi connectivity index (χ2v) is 8.15. The Morgan fingerprint density at radius 3 is 2.52 bits per heavy atom. The van der Waals surface area contributed by atoms with E-state index in [2.05, 4.69) is 15.2 Å². The Bertz CT molecular complexity index is 1190. The number of piperidine rings is 1. The molecular weight excluding hydrogens is 396 g/mol. The molecule has 1 fully saturated rings. The number of nitrogens with zero attached hydrogens (tertiary/aromatic N) is 5. The van der Waals surface area contributed by atoms with Crippen LogP contribution in [0, 0.1) is 5.92 Å². The van der Waals surface area contributed by atoms with E-state index < -0.39 is 0 Å². The first-order chi connectivity index (χ1) is 15.0. The van der Waals surface area contributed by atoms with Crippen LogP contribution in [0.3, 0.4) is 0 Å². The Hall–Kier alpha value is -3.20. The summed E-state index contributed by atoms with van der Waals surface area (Å²) in [4.78, 5) is 44.3. The van der Waals surface area contributed by atoms with Crippen molar-refractivity contribution < 1.29 is 4.79 Å². The van der Waals surface area contributed by atoms with Gasteiger partial charge in [0.1, 0.15) is 0 Å². The van der Waals surface area contributed by atoms with Gasteiger partial charge in [0.2, 0.25) is 5.91 Å². The molecule has 9 heteroatoms. The van der Waals surface area contributed by atoms with Crippen molar-refractivity contribution in [2.45, 2.75) is 25.8 Å². The Labute approximate surface area is 179 Å². The minimum Gasteiger partial charge on any atom is -0.328 e. The predicted molar refractivity (Wildman–Crippen MR) is 119 cm³/mol. The summed E-state index contributed by atoms with van der Waals surface area (Å²) in [6, 6.07) is 9.52. The molecule has 1 aliphatic heterocycles. The van der Waals surface area contributed by atoms with Gasteiger partial charge in [-0.3, -0.25) is 18.7 Å². The molecule has 1 N–H and O–H groups in total. The van der Waals surface area contributed by atoms with Crippen molar-refractivity contribution in [1.29, 1.82) is 0 Å². The Kier molecular flexibility index (Phi) is 6.03. The van der Waals surface area contributed by atoms with Gasteiger partial charge in [-0.2, -0.15) is 0 Å². The monoisotopic (exact) mass is 424 g/mol. The zero-order chi connectivity index (χ0) is 22.0. The number of fused-ring (bicyclic) bond motifs is 1. The van der Waals surface area contributed by atoms with Crippen molar-refractivity contribution in [3.8, 4) is 0 Å². The largest absolute Gasteiger partial charge is 0.332 e. The highest BCUT2D eigenvalue weighted by atomic mass is 16.2. The minimum atomic E-state index is -0.340. The number of carbonyl (C=O) groups excluding carboxylic acids is 1. The van der Waals surface area contributed by atoms with Crippen LogP contribution in [0.4, 0.5) is 5.69 Å². The van der Waals surface area contributed by atoms with Crippen LogP contribution in [0.5, 0.6) is 0 Å². The lowest BCUT2D eigenvalue weighted by molar-refractivity contribution is -0.121. The van der Waals surface area contributed by atoms with Crippen LogP contribution >= 0.6 is 0 Å². The lowest BCUT2D eigenvalue weighted by atomic mass is 9.95. The number of carbonyl (C=O) groups is 1. The molecule has 0 saturated carbocycles. The molecule has 9 nitrogen and oxygen atoms in total. The van der Waals surface area contributed by atoms with Crippen molar-refractivity contribution in [1.82, 2.24) is 23.6 Å². The topological polar surface area (TPSA) is 94.2 Å². The molecule has 0 unspecified atom stereocenters. The molecule has 1 aromatic carbocycles. The third-order valence-electron chi connectivity index (χ3n) is 6.06. The lowest BCUT2D eigenvalue weighted by Gasteiger charge is -2.31. The van der Waals surface area contributed by atoms with E-state index in [1.54, 1.807) is 25.0 Å². The first-order valence-corrected chi connectivity index (χ1v) is 10.6. The van der Waals surface area contributed by atoms with Crippen molar-refractivity contribution in [3.63, 3.8) is 0 Å². The summed E-state index contributed by atoms with van der Waals surface area (Å²) in [6.45, 7) is 2.81. The van der Waals surface area contributed by atoms with Crippen LogP contribution in [0.2, 0.25) is 0 Å². The summed E-state index contributed by atoms with van der Waals surface area (Å²) in [6.07, 6.45) is 3.86. The molecule has 3 heterocycles. The summed E-state index contributed by atoms with van der Waals surface area (Å²) < 4.78 is 4.37. The van der Waals surface area contributed by atoms with E-state index in [0.29, 0.717) is 24.1 Å². The minimum absolute atomic E-state index is 0.0126. The number of nitrogens with one attached hydrogen (secondary N) is 1. The van der Waals surface area contributed by atoms with Gasteiger partial charge < -0.3 is 14.8 Å². The van der Waals surface area contributed by atoms with Crippen molar-refractivity contribution in [3.05, 3.63) is 57.5 Å². The van der Waals surface area contributed by atoms with Gasteiger partial charge in [0.25, 0.3) is 5.56 Å². The quantitative estimate of drug-likeness (QED) is 0.641. The Balaban J connectivity index is 1.31. The highest BCUT2D eigenvalue weighted by Crippen LogP contribution is 2.19. The summed E-state index contributed by atoms with van der Waals surface area (Å²) >= 11 is 0. The SMILES string of the molecule is Cn1cnc2c1c(=O)n(CCCN1CCC(C(=O)Nc3ccccc3)CC1)c(=O)n2C. The maximum atomic E-state index is 12.8. The van der Waals surface area contributed by atoms with E-state index in [9.17, 15) is 14.4 Å². The van der Waals surface area contributed by atoms with Gasteiger partial charge in [-0.1, -0.05) is 18.2 Å². The Morgan fingerprint density at radius 2 is 1.81 bits per heavy atom. The maximum Gasteiger partial charge on any atom is 0.332 e. The molecule has 31 heavy (non-hydrogen) atoms. The molecule has 3 aromatic rings. The summed E-state index contributed by atoms with van der Waals surface area (Å²) in [7, 11) is 3.39. The van der Waals surface area contributed by atoms with Gasteiger partial charge in [0.05, 0.1) is 6.33 Å². The average molecular weight is 425 g/mol. The molecule has 0 bridgehead atoms. The lowest BCUT2D eigenvalue weighted by Crippen LogP contribution is -2.41. The smallest absolute Gasteiger partial charge is 0.328 e. The first kappa shape index (κ1) is 21.0. The summed E-state index contributed by atoms with van der Waals surface area (Å²) in [5, 5.41) is 2.99. The number of rotatable bonds is 6. The van der Waals surface area contributed by atoms with Crippen molar-refractivity contribution >= 4 is 22.8 Å². The predicted octanol–water partition coefficient (Wildman–Crippen LogP) is 1.17. The summed E-state index contributed by atoms with van der Waals surface area (Å²) in [5.41, 5.74) is 1.03. The second kappa shape index (κ2) is 8.89. The average Bonchev–Trinajstić information content (AvgIpc) is 3.17. The summed E-state index contributed by atoms with van der Waals surface area (Å²) in [5.74, 6) is 0.0870. The molecule has 0 radical (unpaired) electrons. The number of hydrogen-bond donors (Lipinski definition) is 1. The number of aryl methyl sites for hydroxylation is 2. The van der Waals surface area contributed by atoms with Crippen LogP contribution in [-0.2, 0) is 25.4 Å². The van der Waals surface area contributed by atoms with E-state index in [0.717, 1.165) is 38.2 Å². The molecule has 4 rings (SSSR count). The van der Waals surface area contributed by atoms with Crippen LogP contribution in [0.25, 0.3) is 11.2 Å². The Morgan fingerprint density at radius 1 is 1.10 bits per heavy atom. The number of imidazole rings is 1. The van der Waals surface area contributed by atoms with Crippen molar-refractivity contribution in [2.24, 2.45) is 20.0 Å². The molecule has 0 atom stereocenters. The third-order valence-corrected chi connectivity index (χ3v) is 6.06. The van der Waals surface area contributed by atoms with E-state index in [4.69, 9.17) is 0 Å². The van der Waals surface area contributed by atoms with Gasteiger partial charge in [0.15, 0.2) is 11.2 Å². The molecule has 0 spiro atoms. The zero-order valence-corrected chi connectivity index (χ0v) is 18.0. The number of likely N-dealkylation sites (tertiary alicyclic amines) is 1. The van der Waals surface area contributed by atoms with Gasteiger partial charge >= 0.3 is 5.69 Å². The first-order valence-electron chi connectivity index (χ1n) is 10.6. The van der Waals surface area contributed by atoms with E-state index in [1.807, 2.05) is 30.3 Å². The number of anilines is 1. The van der Waals surface area contributed by atoms with E-state index in [-0.39, 0.29) is 23.1 Å². The van der Waals surface area contributed by atoms with Crippen LogP contribution in [-0.4, -0.2) is 49.1 Å².